The Morgan fingerprint density at radius 2 is 2.36 bits per heavy atom. The van der Waals surface area contributed by atoms with Crippen molar-refractivity contribution in [2.75, 3.05) is 26.2 Å². The largest absolute Gasteiger partial charge is 0.464 e. The van der Waals surface area contributed by atoms with Crippen molar-refractivity contribution in [1.29, 1.82) is 0 Å². The fourth-order valence-electron chi connectivity index (χ4n) is 2.39. The fraction of sp³-hybridized carbons (Fsp3) is 0.900. The zero-order valence-corrected chi connectivity index (χ0v) is 8.45. The predicted molar refractivity (Wildman–Crippen MR) is 52.7 cm³/mol. The number of hydrogen-bond acceptors (Lipinski definition) is 4. The molecule has 14 heavy (non-hydrogen) atoms. The van der Waals surface area contributed by atoms with E-state index in [1.807, 2.05) is 0 Å². The molecule has 2 aliphatic rings. The molecule has 2 unspecified atom stereocenters. The first kappa shape index (κ1) is 9.93. The maximum atomic E-state index is 11.4. The molecular weight excluding hydrogens is 180 g/mol. The van der Waals surface area contributed by atoms with E-state index in [4.69, 9.17) is 10.5 Å². The summed E-state index contributed by atoms with van der Waals surface area (Å²) in [5.41, 5.74) is 5.66. The van der Waals surface area contributed by atoms with E-state index in [0.717, 1.165) is 32.5 Å². The summed E-state index contributed by atoms with van der Waals surface area (Å²) in [6.07, 6.45) is 3.22. The van der Waals surface area contributed by atoms with E-state index in [9.17, 15) is 4.79 Å². The number of piperidine rings is 1. The maximum Gasteiger partial charge on any atom is 0.323 e. The Bertz CT molecular complexity index is 220. The molecule has 0 aromatic heterocycles. The average molecular weight is 198 g/mol. The van der Waals surface area contributed by atoms with Crippen molar-refractivity contribution in [2.24, 2.45) is 11.7 Å². The summed E-state index contributed by atoms with van der Waals surface area (Å²) in [5, 5.41) is 0. The summed E-state index contributed by atoms with van der Waals surface area (Å²) in [4.78, 5) is 13.6. The van der Waals surface area contributed by atoms with Crippen LogP contribution in [0.15, 0.2) is 0 Å². The second-order valence-corrected chi connectivity index (χ2v) is 4.21. The van der Waals surface area contributed by atoms with Crippen LogP contribution in [0.3, 0.4) is 0 Å². The van der Waals surface area contributed by atoms with E-state index in [1.54, 1.807) is 0 Å². The molecule has 0 radical (unpaired) electrons. The topological polar surface area (TPSA) is 55.6 Å². The Morgan fingerprint density at radius 3 is 3.00 bits per heavy atom. The number of hydrogen-bond donors (Lipinski definition) is 1. The van der Waals surface area contributed by atoms with Gasteiger partial charge in [-0.25, -0.2) is 0 Å². The molecule has 0 aromatic rings. The monoisotopic (exact) mass is 198 g/mol. The van der Waals surface area contributed by atoms with E-state index in [0.29, 0.717) is 12.5 Å². The van der Waals surface area contributed by atoms with Crippen molar-refractivity contribution in [3.63, 3.8) is 0 Å². The molecule has 2 heterocycles. The minimum absolute atomic E-state index is 0.0179. The van der Waals surface area contributed by atoms with Gasteiger partial charge in [0.25, 0.3) is 0 Å². The van der Waals surface area contributed by atoms with Crippen LogP contribution in [-0.2, 0) is 9.53 Å². The molecule has 2 saturated heterocycles. The first-order chi connectivity index (χ1) is 6.81. The predicted octanol–water partition coefficient (Wildman–Crippen LogP) is -0.0274. The van der Waals surface area contributed by atoms with Crippen LogP contribution < -0.4 is 5.73 Å². The number of cyclic esters (lactones) is 1. The molecule has 4 heteroatoms. The van der Waals surface area contributed by atoms with Gasteiger partial charge in [0.2, 0.25) is 0 Å². The minimum atomic E-state index is -0.0392. The summed E-state index contributed by atoms with van der Waals surface area (Å²) in [6, 6.07) is 0.0179. The molecule has 2 fully saturated rings. The van der Waals surface area contributed by atoms with Crippen LogP contribution >= 0.6 is 0 Å². The highest BCUT2D eigenvalue weighted by Gasteiger charge is 2.34. The third-order valence-electron chi connectivity index (χ3n) is 3.23. The van der Waals surface area contributed by atoms with Gasteiger partial charge in [0.05, 0.1) is 6.61 Å². The lowest BCUT2D eigenvalue weighted by Crippen LogP contribution is -2.46. The number of ether oxygens (including phenoxy) is 1. The average Bonchev–Trinajstić information content (AvgIpc) is 2.65. The van der Waals surface area contributed by atoms with Gasteiger partial charge in [-0.2, -0.15) is 0 Å². The first-order valence-corrected chi connectivity index (χ1v) is 5.42. The number of likely N-dealkylation sites (tertiary alicyclic amines) is 1. The lowest BCUT2D eigenvalue weighted by atomic mass is 9.96. The molecule has 0 spiro atoms. The van der Waals surface area contributed by atoms with Gasteiger partial charge in [-0.1, -0.05) is 0 Å². The normalized spacial score (nSPS) is 34.5. The Hall–Kier alpha value is -0.610. The van der Waals surface area contributed by atoms with Crippen molar-refractivity contribution in [3.05, 3.63) is 0 Å². The van der Waals surface area contributed by atoms with Gasteiger partial charge < -0.3 is 10.5 Å². The SMILES string of the molecule is NCC1CCCN(C2CCOC2=O)C1. The van der Waals surface area contributed by atoms with Crippen LogP contribution in [0.4, 0.5) is 0 Å². The van der Waals surface area contributed by atoms with Gasteiger partial charge in [-0.05, 0) is 31.8 Å². The molecular formula is C10H18N2O2. The Labute approximate surface area is 84.4 Å². The smallest absolute Gasteiger partial charge is 0.323 e. The standard InChI is InChI=1S/C10H18N2O2/c11-6-8-2-1-4-12(7-8)9-3-5-14-10(9)13/h8-9H,1-7,11H2. The van der Waals surface area contributed by atoms with Gasteiger partial charge in [0, 0.05) is 13.0 Å². The zero-order valence-electron chi connectivity index (χ0n) is 8.45. The summed E-state index contributed by atoms with van der Waals surface area (Å²) < 4.78 is 4.98. The number of nitrogens with zero attached hydrogens (tertiary/aromatic N) is 1. The molecule has 2 rings (SSSR count). The third-order valence-corrected chi connectivity index (χ3v) is 3.23. The molecule has 0 bridgehead atoms. The fourth-order valence-corrected chi connectivity index (χ4v) is 2.39. The lowest BCUT2D eigenvalue weighted by Gasteiger charge is -2.34. The second kappa shape index (κ2) is 4.28. The highest BCUT2D eigenvalue weighted by Crippen LogP contribution is 2.22. The maximum absolute atomic E-state index is 11.4. The van der Waals surface area contributed by atoms with Crippen LogP contribution in [0.2, 0.25) is 0 Å². The molecule has 80 valence electrons. The van der Waals surface area contributed by atoms with Crippen LogP contribution in [-0.4, -0.2) is 43.2 Å². The summed E-state index contributed by atoms with van der Waals surface area (Å²) in [7, 11) is 0. The quantitative estimate of drug-likeness (QED) is 0.633. The van der Waals surface area contributed by atoms with E-state index >= 15 is 0 Å². The second-order valence-electron chi connectivity index (χ2n) is 4.21. The highest BCUT2D eigenvalue weighted by atomic mass is 16.5. The molecule has 0 aliphatic carbocycles. The number of esters is 1. The van der Waals surface area contributed by atoms with Crippen LogP contribution in [0.5, 0.6) is 0 Å². The van der Waals surface area contributed by atoms with Gasteiger partial charge in [0.1, 0.15) is 6.04 Å². The van der Waals surface area contributed by atoms with E-state index < -0.39 is 0 Å². The van der Waals surface area contributed by atoms with Crippen LogP contribution in [0.25, 0.3) is 0 Å². The third kappa shape index (κ3) is 1.91. The number of nitrogens with two attached hydrogens (primary N) is 1. The highest BCUT2D eigenvalue weighted by molar-refractivity contribution is 5.77. The molecule has 0 amide bonds. The van der Waals surface area contributed by atoms with Crippen molar-refractivity contribution in [2.45, 2.75) is 25.3 Å². The van der Waals surface area contributed by atoms with Crippen molar-refractivity contribution < 1.29 is 9.53 Å². The number of carbonyl (C=O) groups excluding carboxylic acids is 1. The molecule has 2 atom stereocenters. The summed E-state index contributed by atoms with van der Waals surface area (Å²) in [5.74, 6) is 0.528. The summed E-state index contributed by atoms with van der Waals surface area (Å²) in [6.45, 7) is 3.32. The van der Waals surface area contributed by atoms with E-state index in [1.165, 1.54) is 6.42 Å². The van der Waals surface area contributed by atoms with E-state index in [2.05, 4.69) is 4.90 Å². The molecule has 4 nitrogen and oxygen atoms in total. The van der Waals surface area contributed by atoms with Gasteiger partial charge >= 0.3 is 5.97 Å². The van der Waals surface area contributed by atoms with Gasteiger partial charge in [-0.15, -0.1) is 0 Å². The Morgan fingerprint density at radius 1 is 1.50 bits per heavy atom. The van der Waals surface area contributed by atoms with Crippen molar-refractivity contribution in [3.8, 4) is 0 Å². The van der Waals surface area contributed by atoms with E-state index in [-0.39, 0.29) is 12.0 Å². The molecule has 2 N–H and O–H groups in total. The molecule has 0 aromatic carbocycles. The van der Waals surface area contributed by atoms with Gasteiger partial charge in [0.15, 0.2) is 0 Å². The van der Waals surface area contributed by atoms with Crippen LogP contribution in [0.1, 0.15) is 19.3 Å². The lowest BCUT2D eigenvalue weighted by molar-refractivity contribution is -0.142. The summed E-state index contributed by atoms with van der Waals surface area (Å²) >= 11 is 0. The van der Waals surface area contributed by atoms with Crippen molar-refractivity contribution in [1.82, 2.24) is 4.90 Å². The van der Waals surface area contributed by atoms with Gasteiger partial charge in [-0.3, -0.25) is 9.69 Å². The Kier molecular flexibility index (Phi) is 3.03. The number of rotatable bonds is 2. The first-order valence-electron chi connectivity index (χ1n) is 5.42. The molecule has 0 saturated carbocycles. The Balaban J connectivity index is 1.93. The van der Waals surface area contributed by atoms with Crippen molar-refractivity contribution >= 4 is 5.97 Å². The minimum Gasteiger partial charge on any atom is -0.464 e. The zero-order chi connectivity index (χ0) is 9.97. The number of carbonyl (C=O) groups is 1. The van der Waals surface area contributed by atoms with Crippen LogP contribution in [0, 0.1) is 5.92 Å². The molecule has 2 aliphatic heterocycles.